The molecule has 0 bridgehead atoms. The molecule has 0 saturated heterocycles. The van der Waals surface area contributed by atoms with Gasteiger partial charge >= 0.3 is 0 Å². The number of ketones is 1. The minimum atomic E-state index is -0.545. The van der Waals surface area contributed by atoms with Gasteiger partial charge in [0.2, 0.25) is 0 Å². The van der Waals surface area contributed by atoms with Crippen molar-refractivity contribution in [1.82, 2.24) is 4.98 Å². The summed E-state index contributed by atoms with van der Waals surface area (Å²) in [6.07, 6.45) is 0. The number of nitrogens with zero attached hydrogens (tertiary/aromatic N) is 2. The van der Waals surface area contributed by atoms with E-state index >= 15 is 0 Å². The third-order valence-corrected chi connectivity index (χ3v) is 3.05. The van der Waals surface area contributed by atoms with Gasteiger partial charge in [-0.1, -0.05) is 0 Å². The van der Waals surface area contributed by atoms with E-state index in [4.69, 9.17) is 4.74 Å². The minimum Gasteiger partial charge on any atom is -0.486 e. The molecule has 0 saturated carbocycles. The highest BCUT2D eigenvalue weighted by Gasteiger charge is 2.15. The Labute approximate surface area is 112 Å². The fourth-order valence-corrected chi connectivity index (χ4v) is 2.04. The van der Waals surface area contributed by atoms with Crippen LogP contribution in [0.5, 0.6) is 5.75 Å². The third-order valence-electron chi connectivity index (χ3n) is 2.41. The van der Waals surface area contributed by atoms with Gasteiger partial charge in [0, 0.05) is 17.5 Å². The number of ether oxygens (including phenoxy) is 1. The summed E-state index contributed by atoms with van der Waals surface area (Å²) < 4.78 is 5.48. The lowest BCUT2D eigenvalue weighted by atomic mass is 10.1. The van der Waals surface area contributed by atoms with Gasteiger partial charge in [-0.2, -0.15) is 0 Å². The van der Waals surface area contributed by atoms with Crippen molar-refractivity contribution in [2.75, 3.05) is 0 Å². The molecule has 1 heterocycles. The number of nitro groups is 1. The molecule has 1 aromatic heterocycles. The van der Waals surface area contributed by atoms with Gasteiger partial charge in [0.1, 0.15) is 12.4 Å². The van der Waals surface area contributed by atoms with Crippen molar-refractivity contribution in [3.63, 3.8) is 0 Å². The van der Waals surface area contributed by atoms with E-state index in [1.807, 2.05) is 5.38 Å². The second-order valence-corrected chi connectivity index (χ2v) is 4.48. The van der Waals surface area contributed by atoms with Crippen molar-refractivity contribution in [2.45, 2.75) is 13.5 Å². The summed E-state index contributed by atoms with van der Waals surface area (Å²) in [6, 6.07) is 3.96. The van der Waals surface area contributed by atoms with Crippen LogP contribution < -0.4 is 4.74 Å². The topological polar surface area (TPSA) is 82.3 Å². The van der Waals surface area contributed by atoms with Gasteiger partial charge in [-0.15, -0.1) is 11.3 Å². The standard InChI is InChI=1S/C12H10N2O4S/c1-8(15)11-4-10(14(16)17)2-3-12(11)18-5-9-6-19-7-13-9/h2-4,6-7H,5H2,1H3. The van der Waals surface area contributed by atoms with Crippen LogP contribution in [0, 0.1) is 10.1 Å². The normalized spacial score (nSPS) is 10.2. The van der Waals surface area contributed by atoms with Crippen LogP contribution in [-0.4, -0.2) is 15.7 Å². The predicted molar refractivity (Wildman–Crippen MR) is 69.5 cm³/mol. The molecule has 0 aliphatic heterocycles. The first-order chi connectivity index (χ1) is 9.08. The summed E-state index contributed by atoms with van der Waals surface area (Å²) in [6.45, 7) is 1.57. The Kier molecular flexibility index (Phi) is 3.86. The number of benzene rings is 1. The molecule has 0 fully saturated rings. The zero-order valence-corrected chi connectivity index (χ0v) is 10.8. The molecule has 7 heteroatoms. The molecule has 0 radical (unpaired) electrons. The van der Waals surface area contributed by atoms with E-state index in [9.17, 15) is 14.9 Å². The number of carbonyl (C=O) groups excluding carboxylic acids is 1. The Hall–Kier alpha value is -2.28. The van der Waals surface area contributed by atoms with E-state index in [-0.39, 0.29) is 23.6 Å². The summed E-state index contributed by atoms with van der Waals surface area (Å²) in [7, 11) is 0. The van der Waals surface area contributed by atoms with Crippen LogP contribution in [0.1, 0.15) is 23.0 Å². The van der Waals surface area contributed by atoms with Crippen molar-refractivity contribution in [3.05, 3.63) is 50.5 Å². The molecular weight excluding hydrogens is 268 g/mol. The smallest absolute Gasteiger partial charge is 0.270 e. The SMILES string of the molecule is CC(=O)c1cc([N+](=O)[O-])ccc1OCc1cscn1. The first-order valence-electron chi connectivity index (χ1n) is 5.37. The van der Waals surface area contributed by atoms with E-state index in [1.165, 1.54) is 36.5 Å². The molecule has 0 unspecified atom stereocenters. The number of hydrogen-bond acceptors (Lipinski definition) is 6. The maximum atomic E-state index is 11.5. The summed E-state index contributed by atoms with van der Waals surface area (Å²) in [5, 5.41) is 12.5. The second kappa shape index (κ2) is 5.57. The Morgan fingerprint density at radius 3 is 2.89 bits per heavy atom. The van der Waals surface area contributed by atoms with Crippen LogP contribution in [0.4, 0.5) is 5.69 Å². The van der Waals surface area contributed by atoms with Crippen LogP contribution >= 0.6 is 11.3 Å². The molecule has 0 aliphatic rings. The van der Waals surface area contributed by atoms with Crippen LogP contribution in [0.15, 0.2) is 29.1 Å². The molecule has 0 spiro atoms. The third kappa shape index (κ3) is 3.14. The summed E-state index contributed by atoms with van der Waals surface area (Å²) >= 11 is 1.44. The van der Waals surface area contributed by atoms with E-state index in [1.54, 1.807) is 5.51 Å². The van der Waals surface area contributed by atoms with Crippen molar-refractivity contribution >= 4 is 22.8 Å². The fraction of sp³-hybridized carbons (Fsp3) is 0.167. The summed E-state index contributed by atoms with van der Waals surface area (Å²) in [5.41, 5.74) is 2.49. The first kappa shape index (κ1) is 13.2. The Morgan fingerprint density at radius 1 is 1.53 bits per heavy atom. The Morgan fingerprint density at radius 2 is 2.32 bits per heavy atom. The molecule has 1 aromatic carbocycles. The fourth-order valence-electron chi connectivity index (χ4n) is 1.49. The van der Waals surface area contributed by atoms with E-state index < -0.39 is 4.92 Å². The Balaban J connectivity index is 2.24. The van der Waals surface area contributed by atoms with Crippen molar-refractivity contribution in [2.24, 2.45) is 0 Å². The van der Waals surface area contributed by atoms with Gasteiger partial charge in [-0.25, -0.2) is 4.98 Å². The minimum absolute atomic E-state index is 0.133. The van der Waals surface area contributed by atoms with Crippen LogP contribution in [0.2, 0.25) is 0 Å². The van der Waals surface area contributed by atoms with Gasteiger partial charge < -0.3 is 4.74 Å². The van der Waals surface area contributed by atoms with Gasteiger partial charge in [-0.3, -0.25) is 14.9 Å². The monoisotopic (exact) mass is 278 g/mol. The van der Waals surface area contributed by atoms with Crippen molar-refractivity contribution in [3.8, 4) is 5.75 Å². The summed E-state index contributed by atoms with van der Waals surface area (Å²) in [5.74, 6) is 0.0445. The number of rotatable bonds is 5. The number of carbonyl (C=O) groups is 1. The first-order valence-corrected chi connectivity index (χ1v) is 6.31. The maximum Gasteiger partial charge on any atom is 0.270 e. The highest BCUT2D eigenvalue weighted by molar-refractivity contribution is 7.07. The van der Waals surface area contributed by atoms with Crippen LogP contribution in [0.3, 0.4) is 0 Å². The predicted octanol–water partition coefficient (Wildman–Crippen LogP) is 2.83. The molecule has 2 aromatic rings. The molecule has 0 atom stereocenters. The number of hydrogen-bond donors (Lipinski definition) is 0. The second-order valence-electron chi connectivity index (χ2n) is 3.76. The number of Topliss-reactive ketones (excluding diaryl/α,β-unsaturated/α-hetero) is 1. The average Bonchev–Trinajstić information content (AvgIpc) is 2.89. The molecule has 2 rings (SSSR count). The molecule has 19 heavy (non-hydrogen) atoms. The maximum absolute atomic E-state index is 11.5. The molecule has 0 amide bonds. The number of aromatic nitrogens is 1. The lowest BCUT2D eigenvalue weighted by Gasteiger charge is -2.08. The van der Waals surface area contributed by atoms with E-state index in [0.29, 0.717) is 5.75 Å². The molecule has 0 aliphatic carbocycles. The van der Waals surface area contributed by atoms with Crippen LogP contribution in [-0.2, 0) is 6.61 Å². The number of non-ortho nitro benzene ring substituents is 1. The van der Waals surface area contributed by atoms with Gasteiger partial charge in [0.15, 0.2) is 5.78 Å². The van der Waals surface area contributed by atoms with Gasteiger partial charge in [0.25, 0.3) is 5.69 Å². The average molecular weight is 278 g/mol. The summed E-state index contributed by atoms with van der Waals surface area (Å²) in [4.78, 5) is 25.7. The Bertz CT molecular complexity index is 610. The molecular formula is C12H10N2O4S. The quantitative estimate of drug-likeness (QED) is 0.477. The number of nitro benzene ring substituents is 1. The number of thiazole rings is 1. The molecule has 0 N–H and O–H groups in total. The van der Waals surface area contributed by atoms with Gasteiger partial charge in [0.05, 0.1) is 21.7 Å². The zero-order chi connectivity index (χ0) is 13.8. The highest BCUT2D eigenvalue weighted by Crippen LogP contribution is 2.25. The van der Waals surface area contributed by atoms with E-state index in [2.05, 4.69) is 4.98 Å². The van der Waals surface area contributed by atoms with Crippen molar-refractivity contribution < 1.29 is 14.5 Å². The van der Waals surface area contributed by atoms with Crippen molar-refractivity contribution in [1.29, 1.82) is 0 Å². The van der Waals surface area contributed by atoms with Gasteiger partial charge in [-0.05, 0) is 13.0 Å². The molecule has 98 valence electrons. The zero-order valence-electron chi connectivity index (χ0n) is 10.0. The highest BCUT2D eigenvalue weighted by atomic mass is 32.1. The molecule has 6 nitrogen and oxygen atoms in total. The lowest BCUT2D eigenvalue weighted by molar-refractivity contribution is -0.384. The lowest BCUT2D eigenvalue weighted by Crippen LogP contribution is -2.03. The van der Waals surface area contributed by atoms with E-state index in [0.717, 1.165) is 5.69 Å². The van der Waals surface area contributed by atoms with Crippen LogP contribution in [0.25, 0.3) is 0 Å². The largest absolute Gasteiger partial charge is 0.486 e.